The summed E-state index contributed by atoms with van der Waals surface area (Å²) >= 11 is 6.62. The highest BCUT2D eigenvalue weighted by atomic mass is 35.5. The third-order valence-electron chi connectivity index (χ3n) is 7.28. The third-order valence-corrected chi connectivity index (χ3v) is 7.56. The average molecular weight is 515 g/mol. The molecule has 2 aliphatic carbocycles. The zero-order valence-corrected chi connectivity index (χ0v) is 22.7. The van der Waals surface area contributed by atoms with Crippen molar-refractivity contribution in [2.75, 3.05) is 20.3 Å². The lowest BCUT2D eigenvalue weighted by molar-refractivity contribution is -0.121. The van der Waals surface area contributed by atoms with Gasteiger partial charge >= 0.3 is 0 Å². The molecule has 36 heavy (non-hydrogen) atoms. The Kier molecular flexibility index (Phi) is 6.75. The predicted molar refractivity (Wildman–Crippen MR) is 138 cm³/mol. The smallest absolute Gasteiger partial charge is 0.255 e. The van der Waals surface area contributed by atoms with Gasteiger partial charge in [-0.2, -0.15) is 0 Å². The van der Waals surface area contributed by atoms with Gasteiger partial charge in [0.25, 0.3) is 5.91 Å². The van der Waals surface area contributed by atoms with Gasteiger partial charge in [-0.3, -0.25) is 14.4 Å². The molecule has 8 heteroatoms. The summed E-state index contributed by atoms with van der Waals surface area (Å²) in [6.07, 6.45) is 2.31. The van der Waals surface area contributed by atoms with Crippen molar-refractivity contribution in [3.63, 3.8) is 0 Å². The normalized spacial score (nSPS) is 21.4. The minimum absolute atomic E-state index is 0.0537. The van der Waals surface area contributed by atoms with Crippen LogP contribution in [0.1, 0.15) is 71.8 Å². The van der Waals surface area contributed by atoms with Gasteiger partial charge in [-0.05, 0) is 48.3 Å². The SMILES string of the molecule is CCN1C2=C(C(=O)CC(C)(C)C2)C(c2cc(Cl)c(OCC(N)=O)c(OC)c2)C2=C1CC(C)(C)CC2=O. The van der Waals surface area contributed by atoms with Crippen LogP contribution in [0.25, 0.3) is 0 Å². The van der Waals surface area contributed by atoms with E-state index in [1.54, 1.807) is 12.1 Å². The molecule has 1 aliphatic heterocycles. The molecule has 0 bridgehead atoms. The van der Waals surface area contributed by atoms with Crippen molar-refractivity contribution in [3.05, 3.63) is 45.3 Å². The number of hydrogen-bond acceptors (Lipinski definition) is 6. The van der Waals surface area contributed by atoms with Crippen molar-refractivity contribution in [1.29, 1.82) is 0 Å². The number of Topliss-reactive ketones (excluding diaryl/α,β-unsaturated/α-hetero) is 2. The van der Waals surface area contributed by atoms with Crippen LogP contribution in [0.3, 0.4) is 0 Å². The van der Waals surface area contributed by atoms with E-state index in [-0.39, 0.29) is 39.8 Å². The summed E-state index contributed by atoms with van der Waals surface area (Å²) in [5.41, 5.74) is 8.91. The molecule has 7 nitrogen and oxygen atoms in total. The molecule has 3 aliphatic rings. The zero-order chi connectivity index (χ0) is 26.6. The van der Waals surface area contributed by atoms with Crippen LogP contribution < -0.4 is 15.2 Å². The molecule has 0 atom stereocenters. The number of carbonyl (C=O) groups excluding carboxylic acids is 3. The molecule has 0 saturated carbocycles. The Bertz CT molecular complexity index is 1160. The molecule has 0 spiro atoms. The van der Waals surface area contributed by atoms with Crippen molar-refractivity contribution < 1.29 is 23.9 Å². The van der Waals surface area contributed by atoms with Crippen molar-refractivity contribution in [3.8, 4) is 11.5 Å². The topological polar surface area (TPSA) is 98.9 Å². The predicted octanol–water partition coefficient (Wildman–Crippen LogP) is 4.92. The fourth-order valence-corrected chi connectivity index (χ4v) is 6.23. The Labute approximate surface area is 217 Å². The average Bonchev–Trinajstić information content (AvgIpc) is 2.74. The molecule has 1 aromatic carbocycles. The number of nitrogens with zero attached hydrogens (tertiary/aromatic N) is 1. The summed E-state index contributed by atoms with van der Waals surface area (Å²) in [6, 6.07) is 3.46. The van der Waals surface area contributed by atoms with Gasteiger partial charge in [0, 0.05) is 47.8 Å². The highest BCUT2D eigenvalue weighted by Gasteiger charge is 2.48. The first-order chi connectivity index (χ1) is 16.8. The van der Waals surface area contributed by atoms with E-state index in [1.807, 2.05) is 0 Å². The second-order valence-electron chi connectivity index (χ2n) is 11.6. The van der Waals surface area contributed by atoms with E-state index >= 15 is 0 Å². The quantitative estimate of drug-likeness (QED) is 0.578. The molecule has 0 fully saturated rings. The molecule has 0 radical (unpaired) electrons. The monoisotopic (exact) mass is 514 g/mol. The molecule has 4 rings (SSSR count). The number of nitrogens with two attached hydrogens (primary N) is 1. The largest absolute Gasteiger partial charge is 0.493 e. The van der Waals surface area contributed by atoms with E-state index < -0.39 is 11.8 Å². The highest BCUT2D eigenvalue weighted by Crippen LogP contribution is 2.55. The van der Waals surface area contributed by atoms with E-state index in [9.17, 15) is 14.4 Å². The van der Waals surface area contributed by atoms with Gasteiger partial charge in [-0.15, -0.1) is 0 Å². The van der Waals surface area contributed by atoms with Crippen LogP contribution in [0.15, 0.2) is 34.7 Å². The van der Waals surface area contributed by atoms with Gasteiger partial charge in [0.1, 0.15) is 0 Å². The number of allylic oxidation sites excluding steroid dienone is 4. The standard InChI is InChI=1S/C28H35ClN2O5/c1-7-31-17-10-27(2,3)12-19(32)24(17)23(25-18(31)11-28(4,5)13-20(25)33)15-8-16(29)26(21(9-15)35-6)36-14-22(30)34/h8-9,23H,7,10-14H2,1-6H3,(H2,30,34). The summed E-state index contributed by atoms with van der Waals surface area (Å²) in [5, 5.41) is 0.222. The minimum atomic E-state index is -0.639. The van der Waals surface area contributed by atoms with Crippen LogP contribution in [0.4, 0.5) is 0 Å². The molecule has 1 aromatic rings. The van der Waals surface area contributed by atoms with E-state index in [0.29, 0.717) is 41.8 Å². The lowest BCUT2D eigenvalue weighted by Crippen LogP contribution is -2.44. The Morgan fingerprint density at radius 1 is 1.03 bits per heavy atom. The molecule has 0 saturated heterocycles. The third kappa shape index (κ3) is 4.65. The summed E-state index contributed by atoms with van der Waals surface area (Å²) in [4.78, 5) is 40.9. The number of amides is 1. The number of rotatable bonds is 6. The molecular formula is C28H35ClN2O5. The van der Waals surface area contributed by atoms with E-state index in [0.717, 1.165) is 24.2 Å². The Hall–Kier alpha value is -2.80. The van der Waals surface area contributed by atoms with Crippen molar-refractivity contribution in [1.82, 2.24) is 4.90 Å². The van der Waals surface area contributed by atoms with E-state index in [1.165, 1.54) is 7.11 Å². The second kappa shape index (κ2) is 9.25. The number of ketones is 2. The van der Waals surface area contributed by atoms with Crippen molar-refractivity contribution >= 4 is 29.1 Å². The molecule has 1 heterocycles. The fraction of sp³-hybridized carbons (Fsp3) is 0.536. The van der Waals surface area contributed by atoms with Gasteiger partial charge in [0.2, 0.25) is 0 Å². The first-order valence-corrected chi connectivity index (χ1v) is 12.7. The maximum absolute atomic E-state index is 13.7. The molecule has 2 N–H and O–H groups in total. The summed E-state index contributed by atoms with van der Waals surface area (Å²) in [5.74, 6) is -0.561. The van der Waals surface area contributed by atoms with Gasteiger partial charge in [-0.1, -0.05) is 39.3 Å². The van der Waals surface area contributed by atoms with Gasteiger partial charge in [0.15, 0.2) is 29.7 Å². The number of carbonyl (C=O) groups is 3. The van der Waals surface area contributed by atoms with Crippen LogP contribution in [-0.4, -0.2) is 42.6 Å². The van der Waals surface area contributed by atoms with Crippen LogP contribution in [0, 0.1) is 10.8 Å². The molecule has 0 unspecified atom stereocenters. The molecule has 0 aromatic heterocycles. The van der Waals surface area contributed by atoms with Gasteiger partial charge in [0.05, 0.1) is 12.1 Å². The van der Waals surface area contributed by atoms with E-state index in [2.05, 4.69) is 39.5 Å². The Morgan fingerprint density at radius 3 is 2.00 bits per heavy atom. The van der Waals surface area contributed by atoms with Crippen molar-refractivity contribution in [2.24, 2.45) is 16.6 Å². The molecule has 1 amide bonds. The number of halogens is 1. The van der Waals surface area contributed by atoms with Crippen LogP contribution in [-0.2, 0) is 14.4 Å². The number of methoxy groups -OCH3 is 1. The van der Waals surface area contributed by atoms with Crippen LogP contribution >= 0.6 is 11.6 Å². The van der Waals surface area contributed by atoms with Crippen molar-refractivity contribution in [2.45, 2.75) is 66.2 Å². The number of hydrogen-bond donors (Lipinski definition) is 1. The highest BCUT2D eigenvalue weighted by molar-refractivity contribution is 6.32. The number of benzene rings is 1. The van der Waals surface area contributed by atoms with Gasteiger partial charge < -0.3 is 20.1 Å². The number of primary amides is 1. The lowest BCUT2D eigenvalue weighted by Gasteiger charge is -2.49. The number of ether oxygens (including phenoxy) is 2. The maximum atomic E-state index is 13.7. The second-order valence-corrected chi connectivity index (χ2v) is 12.0. The summed E-state index contributed by atoms with van der Waals surface area (Å²) in [6.45, 7) is 10.9. The fourth-order valence-electron chi connectivity index (χ4n) is 5.95. The Morgan fingerprint density at radius 2 is 1.56 bits per heavy atom. The molecular weight excluding hydrogens is 480 g/mol. The van der Waals surface area contributed by atoms with Gasteiger partial charge in [-0.25, -0.2) is 0 Å². The summed E-state index contributed by atoms with van der Waals surface area (Å²) < 4.78 is 11.1. The van der Waals surface area contributed by atoms with E-state index in [4.69, 9.17) is 26.8 Å². The van der Waals surface area contributed by atoms with Crippen LogP contribution in [0.5, 0.6) is 11.5 Å². The zero-order valence-electron chi connectivity index (χ0n) is 21.9. The van der Waals surface area contributed by atoms with Crippen LogP contribution in [0.2, 0.25) is 5.02 Å². The molecule has 194 valence electrons. The lowest BCUT2D eigenvalue weighted by atomic mass is 9.63. The first-order valence-electron chi connectivity index (χ1n) is 12.4. The Balaban J connectivity index is 1.96. The first kappa shape index (κ1) is 26.3. The minimum Gasteiger partial charge on any atom is -0.493 e. The maximum Gasteiger partial charge on any atom is 0.255 e. The summed E-state index contributed by atoms with van der Waals surface area (Å²) in [7, 11) is 1.48.